The number of rotatable bonds is 8. The van der Waals surface area contributed by atoms with Gasteiger partial charge < -0.3 is 10.2 Å². The van der Waals surface area contributed by atoms with Crippen LogP contribution in [0.15, 0.2) is 30.5 Å². The van der Waals surface area contributed by atoms with Gasteiger partial charge in [-0.15, -0.1) is 5.10 Å². The van der Waals surface area contributed by atoms with Crippen molar-refractivity contribution in [3.8, 4) is 0 Å². The van der Waals surface area contributed by atoms with E-state index in [0.717, 1.165) is 38.8 Å². The van der Waals surface area contributed by atoms with Crippen molar-refractivity contribution in [3.05, 3.63) is 47.3 Å². The fourth-order valence-electron chi connectivity index (χ4n) is 3.16. The number of likely N-dealkylation sites (tertiary alicyclic amines) is 1. The maximum absolute atomic E-state index is 12.2. The van der Waals surface area contributed by atoms with Gasteiger partial charge in [0, 0.05) is 32.6 Å². The van der Waals surface area contributed by atoms with Gasteiger partial charge in [-0.05, 0) is 38.2 Å². The normalized spacial score (nSPS) is 13.7. The Morgan fingerprint density at radius 3 is 2.63 bits per heavy atom. The number of nitrogens with zero attached hydrogens (tertiary/aromatic N) is 4. The molecule has 2 aromatic rings. The van der Waals surface area contributed by atoms with Gasteiger partial charge in [-0.2, -0.15) is 0 Å². The molecule has 1 aromatic heterocycles. The molecule has 27 heavy (non-hydrogen) atoms. The molecule has 2 heterocycles. The maximum Gasteiger partial charge on any atom is 0.276 e. The minimum atomic E-state index is -0.0387. The second kappa shape index (κ2) is 9.30. The number of amides is 2. The second-order valence-corrected chi connectivity index (χ2v) is 7.06. The van der Waals surface area contributed by atoms with Crippen molar-refractivity contribution >= 4 is 11.8 Å². The first-order valence-corrected chi connectivity index (χ1v) is 9.63. The van der Waals surface area contributed by atoms with Gasteiger partial charge in [0.2, 0.25) is 5.91 Å². The van der Waals surface area contributed by atoms with Crippen LogP contribution >= 0.6 is 0 Å². The van der Waals surface area contributed by atoms with Crippen LogP contribution in [0.4, 0.5) is 0 Å². The van der Waals surface area contributed by atoms with Gasteiger partial charge in [-0.1, -0.05) is 35.0 Å². The van der Waals surface area contributed by atoms with Crippen LogP contribution in [0.1, 0.15) is 47.3 Å². The van der Waals surface area contributed by atoms with Gasteiger partial charge in [-0.25, -0.2) is 0 Å². The van der Waals surface area contributed by atoms with E-state index in [0.29, 0.717) is 25.2 Å². The SMILES string of the molecule is Cc1ccc(CCC(=O)NCCCn2cc(C(=O)N3CCCC3)nn2)cc1. The average molecular weight is 369 g/mol. The Balaban J connectivity index is 1.33. The summed E-state index contributed by atoms with van der Waals surface area (Å²) in [6.07, 6.45) is 5.79. The number of aryl methyl sites for hydroxylation is 3. The third kappa shape index (κ3) is 5.64. The Kier molecular flexibility index (Phi) is 6.57. The zero-order valence-corrected chi connectivity index (χ0v) is 15.9. The summed E-state index contributed by atoms with van der Waals surface area (Å²) in [5.41, 5.74) is 2.80. The highest BCUT2D eigenvalue weighted by Gasteiger charge is 2.21. The molecule has 1 saturated heterocycles. The lowest BCUT2D eigenvalue weighted by Crippen LogP contribution is -2.27. The van der Waals surface area contributed by atoms with Gasteiger partial charge in [-0.3, -0.25) is 14.3 Å². The second-order valence-electron chi connectivity index (χ2n) is 7.06. The molecule has 0 saturated carbocycles. The largest absolute Gasteiger partial charge is 0.356 e. The van der Waals surface area contributed by atoms with E-state index in [2.05, 4.69) is 46.8 Å². The van der Waals surface area contributed by atoms with Crippen molar-refractivity contribution in [2.24, 2.45) is 0 Å². The van der Waals surface area contributed by atoms with Crippen LogP contribution in [0, 0.1) is 6.92 Å². The van der Waals surface area contributed by atoms with E-state index >= 15 is 0 Å². The zero-order chi connectivity index (χ0) is 19.1. The lowest BCUT2D eigenvalue weighted by Gasteiger charge is -2.12. The number of benzene rings is 1. The molecule has 1 fully saturated rings. The van der Waals surface area contributed by atoms with Crippen LogP contribution < -0.4 is 5.32 Å². The highest BCUT2D eigenvalue weighted by molar-refractivity contribution is 5.92. The minimum absolute atomic E-state index is 0.0387. The summed E-state index contributed by atoms with van der Waals surface area (Å²) in [4.78, 5) is 26.0. The highest BCUT2D eigenvalue weighted by atomic mass is 16.2. The summed E-state index contributed by atoms with van der Waals surface area (Å²) in [7, 11) is 0. The minimum Gasteiger partial charge on any atom is -0.356 e. The molecular weight excluding hydrogens is 342 g/mol. The number of hydrogen-bond acceptors (Lipinski definition) is 4. The summed E-state index contributed by atoms with van der Waals surface area (Å²) < 4.78 is 1.67. The summed E-state index contributed by atoms with van der Waals surface area (Å²) in [5, 5.41) is 10.9. The van der Waals surface area contributed by atoms with E-state index in [1.165, 1.54) is 11.1 Å². The third-order valence-corrected chi connectivity index (χ3v) is 4.80. The predicted molar refractivity (Wildman–Crippen MR) is 102 cm³/mol. The quantitative estimate of drug-likeness (QED) is 0.722. The van der Waals surface area contributed by atoms with Crippen molar-refractivity contribution in [3.63, 3.8) is 0 Å². The van der Waals surface area contributed by atoms with Gasteiger partial charge in [0.05, 0.1) is 6.20 Å². The Hall–Kier alpha value is -2.70. The molecule has 0 aliphatic carbocycles. The maximum atomic E-state index is 12.2. The van der Waals surface area contributed by atoms with Crippen molar-refractivity contribution in [1.29, 1.82) is 0 Å². The summed E-state index contributed by atoms with van der Waals surface area (Å²) in [6, 6.07) is 8.25. The van der Waals surface area contributed by atoms with E-state index in [1.54, 1.807) is 10.9 Å². The number of carbonyl (C=O) groups excluding carboxylic acids is 2. The van der Waals surface area contributed by atoms with Gasteiger partial charge >= 0.3 is 0 Å². The molecule has 0 atom stereocenters. The highest BCUT2D eigenvalue weighted by Crippen LogP contribution is 2.11. The van der Waals surface area contributed by atoms with Crippen molar-refractivity contribution in [1.82, 2.24) is 25.2 Å². The van der Waals surface area contributed by atoms with E-state index in [-0.39, 0.29) is 11.8 Å². The first-order chi connectivity index (χ1) is 13.1. The topological polar surface area (TPSA) is 80.1 Å². The Bertz CT molecular complexity index is 763. The van der Waals surface area contributed by atoms with Gasteiger partial charge in [0.25, 0.3) is 5.91 Å². The molecule has 144 valence electrons. The predicted octanol–water partition coefficient (Wildman–Crippen LogP) is 1.96. The van der Waals surface area contributed by atoms with Crippen molar-refractivity contribution < 1.29 is 9.59 Å². The van der Waals surface area contributed by atoms with Crippen molar-refractivity contribution in [2.75, 3.05) is 19.6 Å². The standard InChI is InChI=1S/C20H27N5O2/c1-16-5-7-17(8-6-16)9-10-19(26)21-11-4-14-25-15-18(22-23-25)20(27)24-12-2-3-13-24/h5-8,15H,2-4,9-14H2,1H3,(H,21,26). The first kappa shape index (κ1) is 19.1. The molecule has 1 N–H and O–H groups in total. The van der Waals surface area contributed by atoms with E-state index in [1.807, 2.05) is 4.90 Å². The lowest BCUT2D eigenvalue weighted by molar-refractivity contribution is -0.121. The van der Waals surface area contributed by atoms with E-state index < -0.39 is 0 Å². The summed E-state index contributed by atoms with van der Waals surface area (Å²) in [5.74, 6) is 0.0159. The average Bonchev–Trinajstić information content (AvgIpc) is 3.36. The van der Waals surface area contributed by atoms with Gasteiger partial charge in [0.1, 0.15) is 0 Å². The molecule has 0 radical (unpaired) electrons. The molecule has 1 aliphatic heterocycles. The van der Waals surface area contributed by atoms with Crippen molar-refractivity contribution in [2.45, 2.75) is 45.6 Å². The fraction of sp³-hybridized carbons (Fsp3) is 0.500. The smallest absolute Gasteiger partial charge is 0.276 e. The van der Waals surface area contributed by atoms with Crippen LogP contribution in [0.3, 0.4) is 0 Å². The molecule has 0 spiro atoms. The van der Waals surface area contributed by atoms with Crippen LogP contribution in [-0.2, 0) is 17.8 Å². The van der Waals surface area contributed by atoms with Crippen LogP contribution in [0.5, 0.6) is 0 Å². The molecule has 3 rings (SSSR count). The molecular formula is C20H27N5O2. The van der Waals surface area contributed by atoms with Crippen LogP contribution in [0.2, 0.25) is 0 Å². The number of hydrogen-bond donors (Lipinski definition) is 1. The molecule has 7 nitrogen and oxygen atoms in total. The first-order valence-electron chi connectivity index (χ1n) is 9.63. The Morgan fingerprint density at radius 2 is 1.89 bits per heavy atom. The summed E-state index contributed by atoms with van der Waals surface area (Å²) in [6.45, 7) is 4.87. The van der Waals surface area contributed by atoms with Crippen LogP contribution in [0.25, 0.3) is 0 Å². The number of nitrogens with one attached hydrogen (secondary N) is 1. The number of carbonyl (C=O) groups is 2. The number of aromatic nitrogens is 3. The Labute approximate surface area is 159 Å². The fourth-order valence-corrected chi connectivity index (χ4v) is 3.16. The zero-order valence-electron chi connectivity index (χ0n) is 15.9. The molecule has 0 bridgehead atoms. The Morgan fingerprint density at radius 1 is 1.15 bits per heavy atom. The van der Waals surface area contributed by atoms with E-state index in [9.17, 15) is 9.59 Å². The third-order valence-electron chi connectivity index (χ3n) is 4.80. The summed E-state index contributed by atoms with van der Waals surface area (Å²) >= 11 is 0. The molecule has 7 heteroatoms. The molecule has 1 aromatic carbocycles. The monoisotopic (exact) mass is 369 g/mol. The molecule has 0 unspecified atom stereocenters. The molecule has 1 aliphatic rings. The van der Waals surface area contributed by atoms with E-state index in [4.69, 9.17) is 0 Å². The lowest BCUT2D eigenvalue weighted by atomic mass is 10.1. The van der Waals surface area contributed by atoms with Gasteiger partial charge in [0.15, 0.2) is 5.69 Å². The molecule has 2 amide bonds. The van der Waals surface area contributed by atoms with Crippen LogP contribution in [-0.4, -0.2) is 51.3 Å².